The molecule has 32 heavy (non-hydrogen) atoms. The van der Waals surface area contributed by atoms with E-state index in [1.54, 1.807) is 6.33 Å². The summed E-state index contributed by atoms with van der Waals surface area (Å²) in [4.78, 5) is 11.6. The van der Waals surface area contributed by atoms with Gasteiger partial charge in [-0.15, -0.1) is 0 Å². The van der Waals surface area contributed by atoms with Crippen LogP contribution in [-0.4, -0.2) is 90.3 Å². The third-order valence-corrected chi connectivity index (χ3v) is 7.94. The Kier molecular flexibility index (Phi) is 6.55. The number of rotatable bonds is 7. The predicted octanol–water partition coefficient (Wildman–Crippen LogP) is 2.24. The molecule has 0 aromatic carbocycles. The minimum Gasteiger partial charge on any atom is -0.399 e. The summed E-state index contributed by atoms with van der Waals surface area (Å²) < 4.78 is 26.5. The van der Waals surface area contributed by atoms with Gasteiger partial charge in [-0.3, -0.25) is 0 Å². The standard InChI is InChI=1S/C22H37BN4O4S/c1-21(2)22(3,4)31-23(30-21)17-14-27(16-29-12-13-32(5,6)7)20-18(17)19(24-15-25-20)26-8-10-28-11-9-26/h14-15H,8-13,16H2,1-7H3. The summed E-state index contributed by atoms with van der Waals surface area (Å²) in [6.07, 6.45) is 10.6. The molecule has 2 aliphatic heterocycles. The van der Waals surface area contributed by atoms with E-state index in [0.717, 1.165) is 47.8 Å². The molecule has 8 nitrogen and oxygen atoms in total. The molecule has 4 heterocycles. The van der Waals surface area contributed by atoms with Crippen molar-refractivity contribution in [1.29, 1.82) is 0 Å². The summed E-state index contributed by atoms with van der Waals surface area (Å²) >= 11 is 0. The number of ether oxygens (including phenoxy) is 2. The maximum atomic E-state index is 6.41. The molecule has 0 radical (unpaired) electrons. The van der Waals surface area contributed by atoms with Gasteiger partial charge in [-0.1, -0.05) is 0 Å². The summed E-state index contributed by atoms with van der Waals surface area (Å²) in [7, 11) is -1.09. The van der Waals surface area contributed by atoms with Crippen LogP contribution in [-0.2, 0) is 25.5 Å². The van der Waals surface area contributed by atoms with Crippen molar-refractivity contribution in [3.05, 3.63) is 12.5 Å². The van der Waals surface area contributed by atoms with E-state index in [-0.39, 0.29) is 0 Å². The van der Waals surface area contributed by atoms with E-state index in [0.29, 0.717) is 19.9 Å². The predicted molar refractivity (Wildman–Crippen MR) is 132 cm³/mol. The molecule has 2 aromatic heterocycles. The van der Waals surface area contributed by atoms with E-state index in [1.165, 1.54) is 0 Å². The highest BCUT2D eigenvalue weighted by Crippen LogP contribution is 2.38. The largest absolute Gasteiger partial charge is 0.497 e. The zero-order valence-electron chi connectivity index (χ0n) is 20.5. The second kappa shape index (κ2) is 8.79. The average Bonchev–Trinajstić information content (AvgIpc) is 3.19. The molecule has 0 atom stereocenters. The van der Waals surface area contributed by atoms with Crippen molar-refractivity contribution >= 4 is 39.5 Å². The minimum absolute atomic E-state index is 0.424. The topological polar surface area (TPSA) is 70.9 Å². The molecule has 0 bridgehead atoms. The van der Waals surface area contributed by atoms with Crippen LogP contribution >= 0.6 is 10.0 Å². The number of nitrogens with zero attached hydrogens (tertiary/aromatic N) is 4. The Balaban J connectivity index is 1.70. The monoisotopic (exact) mass is 464 g/mol. The van der Waals surface area contributed by atoms with Crippen molar-refractivity contribution in [2.45, 2.75) is 45.6 Å². The Morgan fingerprint density at radius 2 is 1.72 bits per heavy atom. The van der Waals surface area contributed by atoms with Gasteiger partial charge in [0.15, 0.2) is 0 Å². The van der Waals surface area contributed by atoms with Crippen molar-refractivity contribution in [3.63, 3.8) is 0 Å². The van der Waals surface area contributed by atoms with Crippen molar-refractivity contribution in [1.82, 2.24) is 14.5 Å². The number of anilines is 1. The molecular weight excluding hydrogens is 427 g/mol. The maximum absolute atomic E-state index is 6.41. The molecule has 2 saturated heterocycles. The van der Waals surface area contributed by atoms with Gasteiger partial charge in [0.1, 0.15) is 24.5 Å². The number of hydrogen-bond acceptors (Lipinski definition) is 7. The van der Waals surface area contributed by atoms with Crippen molar-refractivity contribution in [2.24, 2.45) is 0 Å². The van der Waals surface area contributed by atoms with Gasteiger partial charge in [0.05, 0.1) is 36.4 Å². The van der Waals surface area contributed by atoms with Crippen molar-refractivity contribution in [2.75, 3.05) is 62.3 Å². The fraction of sp³-hybridized carbons (Fsp3) is 0.727. The van der Waals surface area contributed by atoms with Crippen LogP contribution < -0.4 is 10.4 Å². The van der Waals surface area contributed by atoms with Crippen LogP contribution in [0.4, 0.5) is 5.82 Å². The number of morpholine rings is 1. The molecule has 2 aliphatic rings. The van der Waals surface area contributed by atoms with E-state index in [4.69, 9.17) is 18.8 Å². The molecule has 178 valence electrons. The minimum atomic E-state index is -0.595. The molecule has 0 amide bonds. The van der Waals surface area contributed by atoms with Gasteiger partial charge >= 0.3 is 7.12 Å². The third-order valence-electron chi connectivity index (χ3n) is 6.55. The smallest absolute Gasteiger partial charge is 0.399 e. The first kappa shape index (κ1) is 23.8. The Labute approximate surface area is 193 Å². The Hall–Kier alpha value is -1.33. The Morgan fingerprint density at radius 3 is 2.34 bits per heavy atom. The lowest BCUT2D eigenvalue weighted by Crippen LogP contribution is -2.41. The molecule has 4 rings (SSSR count). The molecule has 0 aliphatic carbocycles. The van der Waals surface area contributed by atoms with Gasteiger partial charge in [-0.05, 0) is 46.5 Å². The van der Waals surface area contributed by atoms with Gasteiger partial charge in [0.2, 0.25) is 0 Å². The molecule has 2 aromatic rings. The van der Waals surface area contributed by atoms with Gasteiger partial charge in [-0.25, -0.2) is 20.0 Å². The van der Waals surface area contributed by atoms with Gasteiger partial charge in [0.25, 0.3) is 0 Å². The highest BCUT2D eigenvalue weighted by atomic mass is 32.3. The second-order valence-electron chi connectivity index (χ2n) is 10.5. The zero-order chi connectivity index (χ0) is 23.1. The molecule has 10 heteroatoms. The third kappa shape index (κ3) is 4.80. The van der Waals surface area contributed by atoms with Crippen LogP contribution in [0.5, 0.6) is 0 Å². The quantitative estimate of drug-likeness (QED) is 0.460. The maximum Gasteiger partial charge on any atom is 0.497 e. The SMILES string of the molecule is CC1(C)OB(c2cn(COCCS(C)(C)C)c3ncnc(N4CCOCC4)c23)OC1(C)C. The molecule has 0 unspecified atom stereocenters. The van der Waals surface area contributed by atoms with Gasteiger partial charge < -0.3 is 28.2 Å². The highest BCUT2D eigenvalue weighted by molar-refractivity contribution is 8.32. The number of aromatic nitrogens is 3. The van der Waals surface area contributed by atoms with Gasteiger partial charge in [0, 0.05) is 30.5 Å². The van der Waals surface area contributed by atoms with E-state index in [1.807, 2.05) is 0 Å². The van der Waals surface area contributed by atoms with Gasteiger partial charge in [-0.2, -0.15) is 0 Å². The lowest BCUT2D eigenvalue weighted by molar-refractivity contribution is 0.00578. The van der Waals surface area contributed by atoms with Crippen molar-refractivity contribution in [3.8, 4) is 0 Å². The zero-order valence-corrected chi connectivity index (χ0v) is 21.3. The van der Waals surface area contributed by atoms with Crippen LogP contribution in [0.3, 0.4) is 0 Å². The molecular formula is C22H37BN4O4S. The summed E-state index contributed by atoms with van der Waals surface area (Å²) in [5, 5.41) is 0.970. The van der Waals surface area contributed by atoms with Crippen LogP contribution in [0.25, 0.3) is 11.0 Å². The molecule has 0 saturated carbocycles. The van der Waals surface area contributed by atoms with Crippen LogP contribution in [0.2, 0.25) is 0 Å². The van der Waals surface area contributed by atoms with Crippen molar-refractivity contribution < 1.29 is 18.8 Å². The lowest BCUT2D eigenvalue weighted by Gasteiger charge is -2.32. The summed E-state index contributed by atoms with van der Waals surface area (Å²) in [5.74, 6) is 1.98. The van der Waals surface area contributed by atoms with E-state index >= 15 is 0 Å². The van der Waals surface area contributed by atoms with E-state index in [9.17, 15) is 0 Å². The first-order chi connectivity index (χ1) is 15.0. The van der Waals surface area contributed by atoms with Crippen LogP contribution in [0, 0.1) is 0 Å². The fourth-order valence-corrected chi connectivity index (χ4v) is 4.49. The summed E-state index contributed by atoms with van der Waals surface area (Å²) in [6, 6.07) is 0. The number of fused-ring (bicyclic) bond motifs is 1. The molecule has 0 spiro atoms. The van der Waals surface area contributed by atoms with E-state index in [2.05, 4.69) is 72.1 Å². The normalized spacial score (nSPS) is 21.5. The molecule has 0 N–H and O–H groups in total. The summed E-state index contributed by atoms with van der Waals surface area (Å²) in [5.41, 5.74) is 0.944. The first-order valence-electron chi connectivity index (χ1n) is 11.2. The first-order valence-corrected chi connectivity index (χ1v) is 14.3. The van der Waals surface area contributed by atoms with E-state index < -0.39 is 28.3 Å². The Bertz CT molecular complexity index is 937. The number of hydrogen-bond donors (Lipinski definition) is 0. The average molecular weight is 464 g/mol. The second-order valence-corrected chi connectivity index (χ2v) is 15.1. The Morgan fingerprint density at radius 1 is 1.06 bits per heavy atom. The fourth-order valence-electron chi connectivity index (χ4n) is 3.87. The molecule has 2 fully saturated rings. The lowest BCUT2D eigenvalue weighted by atomic mass is 9.79. The summed E-state index contributed by atoms with van der Waals surface area (Å²) in [6.45, 7) is 12.4. The highest BCUT2D eigenvalue weighted by Gasteiger charge is 2.52. The van der Waals surface area contributed by atoms with Crippen LogP contribution in [0.15, 0.2) is 12.5 Å². The van der Waals surface area contributed by atoms with Crippen LogP contribution in [0.1, 0.15) is 27.7 Å².